The van der Waals surface area contributed by atoms with Gasteiger partial charge in [0.15, 0.2) is 5.58 Å². The van der Waals surface area contributed by atoms with Gasteiger partial charge in [-0.05, 0) is 24.6 Å². The molecule has 3 aromatic rings. The van der Waals surface area contributed by atoms with Crippen molar-refractivity contribution in [3.05, 3.63) is 71.6 Å². The molecule has 4 nitrogen and oxygen atoms in total. The fraction of sp³-hybridized carbons (Fsp3) is 0.111. The Hall–Kier alpha value is -2.88. The van der Waals surface area contributed by atoms with Gasteiger partial charge < -0.3 is 9.73 Å². The van der Waals surface area contributed by atoms with E-state index in [-0.39, 0.29) is 5.91 Å². The second-order valence-electron chi connectivity index (χ2n) is 5.06. The summed E-state index contributed by atoms with van der Waals surface area (Å²) in [6.45, 7) is 2.53. The number of carbonyl (C=O) groups excluding carboxylic acids is 1. The molecule has 110 valence electrons. The number of nitrogens with one attached hydrogen (secondary N) is 1. The summed E-state index contributed by atoms with van der Waals surface area (Å²) in [6.07, 6.45) is 3.00. The monoisotopic (exact) mass is 292 g/mol. The van der Waals surface area contributed by atoms with Crippen molar-refractivity contribution in [2.45, 2.75) is 13.5 Å². The Labute approximate surface area is 128 Å². The maximum Gasteiger partial charge on any atom is 0.244 e. The molecule has 0 spiro atoms. The van der Waals surface area contributed by atoms with Crippen LogP contribution in [0.2, 0.25) is 0 Å². The van der Waals surface area contributed by atoms with Crippen molar-refractivity contribution in [3.63, 3.8) is 0 Å². The van der Waals surface area contributed by atoms with Crippen LogP contribution >= 0.6 is 0 Å². The molecule has 0 unspecified atom stereocenters. The number of benzene rings is 2. The van der Waals surface area contributed by atoms with E-state index in [1.807, 2.05) is 55.5 Å². The van der Waals surface area contributed by atoms with Crippen LogP contribution in [0.5, 0.6) is 0 Å². The van der Waals surface area contributed by atoms with Gasteiger partial charge in [-0.3, -0.25) is 4.79 Å². The number of rotatable bonds is 4. The molecule has 0 radical (unpaired) electrons. The average molecular weight is 292 g/mol. The molecule has 0 saturated carbocycles. The average Bonchev–Trinajstić information content (AvgIpc) is 2.95. The zero-order valence-electron chi connectivity index (χ0n) is 12.2. The van der Waals surface area contributed by atoms with Crippen molar-refractivity contribution in [1.29, 1.82) is 0 Å². The smallest absolute Gasteiger partial charge is 0.244 e. The van der Waals surface area contributed by atoms with Crippen molar-refractivity contribution in [1.82, 2.24) is 10.3 Å². The topological polar surface area (TPSA) is 55.1 Å². The van der Waals surface area contributed by atoms with Gasteiger partial charge in [0.1, 0.15) is 5.52 Å². The molecule has 0 saturated heterocycles. The van der Waals surface area contributed by atoms with Crippen molar-refractivity contribution >= 4 is 23.1 Å². The predicted molar refractivity (Wildman–Crippen MR) is 86.1 cm³/mol. The highest BCUT2D eigenvalue weighted by Gasteiger charge is 2.02. The summed E-state index contributed by atoms with van der Waals surface area (Å²) >= 11 is 0. The number of aryl methyl sites for hydroxylation is 1. The van der Waals surface area contributed by atoms with E-state index in [9.17, 15) is 4.79 Å². The third kappa shape index (κ3) is 3.41. The molecule has 0 aliphatic carbocycles. The van der Waals surface area contributed by atoms with Crippen LogP contribution in [0.1, 0.15) is 17.0 Å². The lowest BCUT2D eigenvalue weighted by atomic mass is 10.1. The van der Waals surface area contributed by atoms with E-state index in [0.29, 0.717) is 18.0 Å². The van der Waals surface area contributed by atoms with Crippen molar-refractivity contribution in [3.8, 4) is 0 Å². The number of aromatic nitrogens is 1. The third-order valence-electron chi connectivity index (χ3n) is 3.28. The van der Waals surface area contributed by atoms with Crippen LogP contribution in [0.3, 0.4) is 0 Å². The van der Waals surface area contributed by atoms with Gasteiger partial charge in [0, 0.05) is 18.7 Å². The number of hydrogen-bond donors (Lipinski definition) is 1. The molecule has 2 aromatic carbocycles. The molecule has 1 amide bonds. The van der Waals surface area contributed by atoms with Gasteiger partial charge in [-0.25, -0.2) is 4.98 Å². The lowest BCUT2D eigenvalue weighted by Crippen LogP contribution is -2.20. The number of carbonyl (C=O) groups is 1. The summed E-state index contributed by atoms with van der Waals surface area (Å²) in [5.74, 6) is 0.245. The quantitative estimate of drug-likeness (QED) is 0.749. The summed E-state index contributed by atoms with van der Waals surface area (Å²) in [7, 11) is 0. The molecule has 0 aliphatic heterocycles. The first-order valence-electron chi connectivity index (χ1n) is 7.08. The van der Waals surface area contributed by atoms with E-state index in [2.05, 4.69) is 10.3 Å². The molecule has 0 bridgehead atoms. The molecule has 1 aromatic heterocycles. The first-order chi connectivity index (χ1) is 10.7. The minimum atomic E-state index is -0.178. The van der Waals surface area contributed by atoms with Gasteiger partial charge in [-0.15, -0.1) is 0 Å². The summed E-state index contributed by atoms with van der Waals surface area (Å²) < 4.78 is 5.52. The van der Waals surface area contributed by atoms with Crippen LogP contribution in [0, 0.1) is 6.92 Å². The maximum absolute atomic E-state index is 11.8. The highest BCUT2D eigenvalue weighted by atomic mass is 16.3. The van der Waals surface area contributed by atoms with Gasteiger partial charge in [-0.2, -0.15) is 0 Å². The Bertz CT molecular complexity index is 783. The van der Waals surface area contributed by atoms with E-state index in [1.165, 1.54) is 11.6 Å². The van der Waals surface area contributed by atoms with E-state index in [1.54, 1.807) is 6.08 Å². The number of fused-ring (bicyclic) bond motifs is 1. The summed E-state index contributed by atoms with van der Waals surface area (Å²) in [4.78, 5) is 16.1. The highest BCUT2D eigenvalue weighted by Crippen LogP contribution is 2.15. The predicted octanol–water partition coefficient (Wildman–Crippen LogP) is 3.47. The molecular weight excluding hydrogens is 276 g/mol. The second kappa shape index (κ2) is 6.26. The number of oxazole rings is 1. The number of para-hydroxylation sites is 2. The number of nitrogens with zero attached hydrogens (tertiary/aromatic N) is 1. The van der Waals surface area contributed by atoms with Gasteiger partial charge in [0.05, 0.1) is 0 Å². The van der Waals surface area contributed by atoms with Crippen LogP contribution in [-0.2, 0) is 11.3 Å². The van der Waals surface area contributed by atoms with Crippen LogP contribution < -0.4 is 5.32 Å². The first kappa shape index (κ1) is 14.1. The van der Waals surface area contributed by atoms with Crippen molar-refractivity contribution in [2.75, 3.05) is 0 Å². The minimum Gasteiger partial charge on any atom is -0.437 e. The van der Waals surface area contributed by atoms with Crippen molar-refractivity contribution < 1.29 is 9.21 Å². The molecule has 1 N–H and O–H groups in total. The van der Waals surface area contributed by atoms with Crippen LogP contribution in [0.15, 0.2) is 59.0 Å². The second-order valence-corrected chi connectivity index (χ2v) is 5.06. The highest BCUT2D eigenvalue weighted by molar-refractivity contribution is 5.91. The van der Waals surface area contributed by atoms with E-state index >= 15 is 0 Å². The van der Waals surface area contributed by atoms with Crippen LogP contribution in [0.25, 0.3) is 17.2 Å². The first-order valence-corrected chi connectivity index (χ1v) is 7.08. The van der Waals surface area contributed by atoms with Gasteiger partial charge >= 0.3 is 0 Å². The van der Waals surface area contributed by atoms with E-state index < -0.39 is 0 Å². The summed E-state index contributed by atoms with van der Waals surface area (Å²) in [5, 5.41) is 2.83. The Balaban J connectivity index is 1.59. The van der Waals surface area contributed by atoms with E-state index in [4.69, 9.17) is 4.42 Å². The van der Waals surface area contributed by atoms with Gasteiger partial charge in [0.25, 0.3) is 0 Å². The Morgan fingerprint density at radius 2 is 1.95 bits per heavy atom. The molecular formula is C18H16N2O2. The molecule has 0 fully saturated rings. The SMILES string of the molecule is Cc1ccc(CNC(=O)/C=C/c2nc3ccccc3o2)cc1. The molecule has 1 heterocycles. The standard InChI is InChI=1S/C18H16N2O2/c1-13-6-8-14(9-7-13)12-19-17(21)10-11-18-20-15-4-2-3-5-16(15)22-18/h2-11H,12H2,1H3,(H,19,21)/b11-10+. The number of amides is 1. The van der Waals surface area contributed by atoms with Gasteiger partial charge in [-0.1, -0.05) is 42.0 Å². The zero-order valence-corrected chi connectivity index (χ0v) is 12.2. The maximum atomic E-state index is 11.8. The molecule has 0 aliphatic rings. The minimum absolute atomic E-state index is 0.178. The van der Waals surface area contributed by atoms with Gasteiger partial charge in [0.2, 0.25) is 11.8 Å². The Morgan fingerprint density at radius 1 is 1.18 bits per heavy atom. The largest absolute Gasteiger partial charge is 0.437 e. The van der Waals surface area contributed by atoms with E-state index in [0.717, 1.165) is 11.1 Å². The number of hydrogen-bond acceptors (Lipinski definition) is 3. The summed E-state index contributed by atoms with van der Waals surface area (Å²) in [6, 6.07) is 15.5. The Kier molecular flexibility index (Phi) is 4.01. The lowest BCUT2D eigenvalue weighted by molar-refractivity contribution is -0.116. The zero-order chi connectivity index (χ0) is 15.4. The summed E-state index contributed by atoms with van der Waals surface area (Å²) in [5.41, 5.74) is 3.75. The lowest BCUT2D eigenvalue weighted by Gasteiger charge is -2.02. The molecule has 3 rings (SSSR count). The third-order valence-corrected chi connectivity index (χ3v) is 3.28. The molecule has 0 atom stereocenters. The van der Waals surface area contributed by atoms with Crippen molar-refractivity contribution in [2.24, 2.45) is 0 Å². The normalized spacial score (nSPS) is 11.1. The van der Waals surface area contributed by atoms with Crippen LogP contribution in [0.4, 0.5) is 0 Å². The molecule has 4 heteroatoms. The molecule has 22 heavy (non-hydrogen) atoms. The fourth-order valence-corrected chi connectivity index (χ4v) is 2.06. The van der Waals surface area contributed by atoms with Crippen LogP contribution in [-0.4, -0.2) is 10.9 Å². The fourth-order valence-electron chi connectivity index (χ4n) is 2.06. The Morgan fingerprint density at radius 3 is 2.73 bits per heavy atom.